The molecule has 4 aromatic rings. The lowest BCUT2D eigenvalue weighted by molar-refractivity contribution is -0.922. The van der Waals surface area contributed by atoms with E-state index < -0.39 is 0 Å². The lowest BCUT2D eigenvalue weighted by Crippen LogP contribution is -3.12. The highest BCUT2D eigenvalue weighted by Gasteiger charge is 2.21. The molecule has 8 nitrogen and oxygen atoms in total. The number of rotatable bonds is 5. The molecule has 0 bridgehead atoms. The molecule has 1 N–H and O–H groups in total. The van der Waals surface area contributed by atoms with Gasteiger partial charge in [-0.25, -0.2) is 4.98 Å². The summed E-state index contributed by atoms with van der Waals surface area (Å²) in [6.45, 7) is 8.47. The van der Waals surface area contributed by atoms with Gasteiger partial charge in [0.1, 0.15) is 30.2 Å². The van der Waals surface area contributed by atoms with Crippen molar-refractivity contribution in [1.82, 2.24) is 20.2 Å². The highest BCUT2D eigenvalue weighted by Crippen LogP contribution is 2.36. The van der Waals surface area contributed by atoms with Crippen molar-refractivity contribution in [3.63, 3.8) is 0 Å². The van der Waals surface area contributed by atoms with Crippen LogP contribution < -0.4 is 9.64 Å². The van der Waals surface area contributed by atoms with E-state index in [0.29, 0.717) is 17.5 Å². The van der Waals surface area contributed by atoms with Crippen LogP contribution in [-0.4, -0.2) is 46.5 Å². The Kier molecular flexibility index (Phi) is 5.16. The second-order valence-electron chi connectivity index (χ2n) is 7.32. The molecule has 30 heavy (non-hydrogen) atoms. The number of benzene rings is 1. The summed E-state index contributed by atoms with van der Waals surface area (Å²) in [6.07, 6.45) is 1.32. The molecule has 0 amide bonds. The van der Waals surface area contributed by atoms with Crippen molar-refractivity contribution in [3.05, 3.63) is 46.9 Å². The van der Waals surface area contributed by atoms with E-state index in [2.05, 4.69) is 24.0 Å². The van der Waals surface area contributed by atoms with Gasteiger partial charge in [0.2, 0.25) is 18.2 Å². The number of fused-ring (bicyclic) bond motifs is 1. The summed E-state index contributed by atoms with van der Waals surface area (Å²) >= 11 is 1.69. The van der Waals surface area contributed by atoms with E-state index in [1.54, 1.807) is 11.3 Å². The molecule has 1 aliphatic rings. The summed E-state index contributed by atoms with van der Waals surface area (Å²) in [6, 6.07) is 7.56. The SMILES string of the molecule is Cc1sc2nc(C[NH+]3CCOCC3)nc(Oc3ccc(-c4nnco4)cc3)c2c1C. The quantitative estimate of drug-likeness (QED) is 0.527. The third kappa shape index (κ3) is 3.79. The largest absolute Gasteiger partial charge is 0.438 e. The molecule has 1 aliphatic heterocycles. The van der Waals surface area contributed by atoms with Crippen LogP contribution in [0, 0.1) is 13.8 Å². The minimum Gasteiger partial charge on any atom is -0.438 e. The molecule has 0 unspecified atom stereocenters. The Morgan fingerprint density at radius 3 is 2.63 bits per heavy atom. The zero-order valence-corrected chi connectivity index (χ0v) is 17.7. The molecule has 0 spiro atoms. The number of nitrogens with zero attached hydrogens (tertiary/aromatic N) is 4. The Morgan fingerprint density at radius 1 is 1.10 bits per heavy atom. The van der Waals surface area contributed by atoms with Gasteiger partial charge in [-0.15, -0.1) is 21.5 Å². The summed E-state index contributed by atoms with van der Waals surface area (Å²) in [7, 11) is 0. The minimum atomic E-state index is 0.478. The van der Waals surface area contributed by atoms with E-state index in [1.165, 1.54) is 16.2 Å². The Balaban J connectivity index is 1.47. The van der Waals surface area contributed by atoms with Crippen LogP contribution in [0.4, 0.5) is 0 Å². The number of hydrogen-bond acceptors (Lipinski definition) is 8. The third-order valence-electron chi connectivity index (χ3n) is 5.33. The van der Waals surface area contributed by atoms with Gasteiger partial charge in [0.05, 0.1) is 18.6 Å². The van der Waals surface area contributed by atoms with Gasteiger partial charge in [-0.1, -0.05) is 0 Å². The second kappa shape index (κ2) is 8.10. The Labute approximate surface area is 177 Å². The lowest BCUT2D eigenvalue weighted by atomic mass is 10.2. The molecule has 3 aromatic heterocycles. The van der Waals surface area contributed by atoms with E-state index in [9.17, 15) is 0 Å². The first kappa shape index (κ1) is 19.1. The highest BCUT2D eigenvalue weighted by atomic mass is 32.1. The van der Waals surface area contributed by atoms with Crippen LogP contribution in [0.5, 0.6) is 11.6 Å². The normalized spacial score (nSPS) is 15.0. The van der Waals surface area contributed by atoms with Gasteiger partial charge in [-0.3, -0.25) is 0 Å². The fourth-order valence-corrected chi connectivity index (χ4v) is 4.58. The standard InChI is InChI=1S/C21H21N5O3S/c1-13-14(2)30-21-18(13)20(23-17(24-21)11-26-7-9-27-10-8-26)29-16-5-3-15(4-6-16)19-25-22-12-28-19/h3-6,12H,7-11H2,1-2H3/p+1. The van der Waals surface area contributed by atoms with Crippen LogP contribution in [-0.2, 0) is 11.3 Å². The van der Waals surface area contributed by atoms with Gasteiger partial charge in [-0.05, 0) is 43.7 Å². The van der Waals surface area contributed by atoms with Gasteiger partial charge in [0, 0.05) is 10.4 Å². The monoisotopic (exact) mass is 424 g/mol. The van der Waals surface area contributed by atoms with E-state index in [-0.39, 0.29) is 0 Å². The molecule has 154 valence electrons. The van der Waals surface area contributed by atoms with Gasteiger partial charge in [0.25, 0.3) is 0 Å². The third-order valence-corrected chi connectivity index (χ3v) is 6.43. The van der Waals surface area contributed by atoms with E-state index >= 15 is 0 Å². The van der Waals surface area contributed by atoms with E-state index in [1.807, 2.05) is 24.3 Å². The second-order valence-corrected chi connectivity index (χ2v) is 8.52. The summed E-state index contributed by atoms with van der Waals surface area (Å²) in [5.74, 6) is 2.59. The molecule has 1 aromatic carbocycles. The smallest absolute Gasteiger partial charge is 0.247 e. The van der Waals surface area contributed by atoms with Crippen LogP contribution in [0.25, 0.3) is 21.7 Å². The van der Waals surface area contributed by atoms with E-state index in [4.69, 9.17) is 23.9 Å². The summed E-state index contributed by atoms with van der Waals surface area (Å²) in [5, 5.41) is 8.64. The lowest BCUT2D eigenvalue weighted by Gasteiger charge is -2.23. The average molecular weight is 425 g/mol. The summed E-state index contributed by atoms with van der Waals surface area (Å²) < 4.78 is 17.0. The number of nitrogens with one attached hydrogen (secondary N) is 1. The number of aromatic nitrogens is 4. The van der Waals surface area contributed by atoms with Crippen molar-refractivity contribution in [3.8, 4) is 23.1 Å². The minimum absolute atomic E-state index is 0.478. The predicted octanol–water partition coefficient (Wildman–Crippen LogP) is 2.57. The van der Waals surface area contributed by atoms with Crippen LogP contribution >= 0.6 is 11.3 Å². The van der Waals surface area contributed by atoms with Crippen LogP contribution in [0.15, 0.2) is 35.1 Å². The highest BCUT2D eigenvalue weighted by molar-refractivity contribution is 7.18. The van der Waals surface area contributed by atoms with Crippen molar-refractivity contribution in [2.45, 2.75) is 20.4 Å². The molecule has 1 fully saturated rings. The number of ether oxygens (including phenoxy) is 2. The molecule has 1 saturated heterocycles. The van der Waals surface area contributed by atoms with Crippen LogP contribution in [0.1, 0.15) is 16.3 Å². The fraction of sp³-hybridized carbons (Fsp3) is 0.333. The van der Waals surface area contributed by atoms with Crippen molar-refractivity contribution in [2.75, 3.05) is 26.3 Å². The predicted molar refractivity (Wildman–Crippen MR) is 112 cm³/mol. The maximum atomic E-state index is 6.24. The number of hydrogen-bond donors (Lipinski definition) is 1. The molecule has 5 rings (SSSR count). The number of quaternary nitrogens is 1. The first-order valence-electron chi connectivity index (χ1n) is 9.90. The Hall–Kier alpha value is -2.88. The molecule has 0 saturated carbocycles. The maximum absolute atomic E-state index is 6.24. The topological polar surface area (TPSA) is 87.6 Å². The van der Waals surface area contributed by atoms with Crippen molar-refractivity contribution < 1.29 is 18.8 Å². The van der Waals surface area contributed by atoms with Gasteiger partial charge >= 0.3 is 0 Å². The number of aryl methyl sites for hydroxylation is 2. The molecule has 0 aliphatic carbocycles. The summed E-state index contributed by atoms with van der Waals surface area (Å²) in [4.78, 5) is 13.3. The van der Waals surface area contributed by atoms with Gasteiger partial charge in [0.15, 0.2) is 5.82 Å². The van der Waals surface area contributed by atoms with Gasteiger partial charge < -0.3 is 18.8 Å². The number of thiophene rings is 1. The molecule has 0 radical (unpaired) electrons. The van der Waals surface area contributed by atoms with Crippen molar-refractivity contribution in [1.29, 1.82) is 0 Å². The summed E-state index contributed by atoms with van der Waals surface area (Å²) in [5.41, 5.74) is 2.00. The molecular formula is C21H22N5O3S+. The maximum Gasteiger partial charge on any atom is 0.247 e. The zero-order valence-electron chi connectivity index (χ0n) is 16.8. The van der Waals surface area contributed by atoms with Crippen molar-refractivity contribution in [2.24, 2.45) is 0 Å². The van der Waals surface area contributed by atoms with Crippen molar-refractivity contribution >= 4 is 21.6 Å². The molecular weight excluding hydrogens is 402 g/mol. The zero-order chi connectivity index (χ0) is 20.5. The average Bonchev–Trinajstić information content (AvgIpc) is 3.38. The number of morpholine rings is 1. The fourth-order valence-electron chi connectivity index (χ4n) is 3.54. The first-order valence-corrected chi connectivity index (χ1v) is 10.7. The molecule has 0 atom stereocenters. The van der Waals surface area contributed by atoms with Gasteiger partial charge in [-0.2, -0.15) is 4.98 Å². The van der Waals surface area contributed by atoms with E-state index in [0.717, 1.165) is 60.0 Å². The first-order chi connectivity index (χ1) is 14.7. The Morgan fingerprint density at radius 2 is 1.90 bits per heavy atom. The van der Waals surface area contributed by atoms with Crippen LogP contribution in [0.2, 0.25) is 0 Å². The van der Waals surface area contributed by atoms with Crippen LogP contribution in [0.3, 0.4) is 0 Å². The Bertz CT molecular complexity index is 1150. The molecule has 9 heteroatoms. The molecule has 4 heterocycles.